The van der Waals surface area contributed by atoms with Gasteiger partial charge in [0.1, 0.15) is 11.5 Å². The van der Waals surface area contributed by atoms with Crippen molar-refractivity contribution in [1.29, 1.82) is 0 Å². The summed E-state index contributed by atoms with van der Waals surface area (Å²) in [5.41, 5.74) is 1.14. The van der Waals surface area contributed by atoms with Crippen LogP contribution in [-0.2, 0) is 6.42 Å². The van der Waals surface area contributed by atoms with Crippen LogP contribution in [0.5, 0.6) is 5.75 Å². The summed E-state index contributed by atoms with van der Waals surface area (Å²) in [7, 11) is 1.53. The summed E-state index contributed by atoms with van der Waals surface area (Å²) in [5.74, 6) is 1.00. The Kier molecular flexibility index (Phi) is 3.37. The standard InChI is InChI=1S/C17H16O4/c1-3-4-5-11-9-14-15(18)12-7-6-10(20-2)8-13(12)16(19)17(14)21-11/h6-9H,3-5H2,1-2H3. The third-order valence-corrected chi connectivity index (χ3v) is 3.73. The fourth-order valence-electron chi connectivity index (χ4n) is 2.56. The minimum Gasteiger partial charge on any atom is -0.497 e. The molecule has 1 aliphatic rings. The monoisotopic (exact) mass is 284 g/mol. The number of rotatable bonds is 4. The Labute approximate surface area is 122 Å². The van der Waals surface area contributed by atoms with E-state index in [9.17, 15) is 9.59 Å². The van der Waals surface area contributed by atoms with Crippen molar-refractivity contribution in [3.05, 3.63) is 52.5 Å². The number of aryl methyl sites for hydroxylation is 1. The molecule has 2 aromatic rings. The number of ketones is 2. The van der Waals surface area contributed by atoms with E-state index in [1.807, 2.05) is 0 Å². The lowest BCUT2D eigenvalue weighted by Gasteiger charge is -2.13. The van der Waals surface area contributed by atoms with E-state index in [-0.39, 0.29) is 17.3 Å². The molecule has 4 heteroatoms. The highest BCUT2D eigenvalue weighted by Gasteiger charge is 2.33. The quantitative estimate of drug-likeness (QED) is 0.736. The maximum absolute atomic E-state index is 12.5. The maximum Gasteiger partial charge on any atom is 0.229 e. The fraction of sp³-hybridized carbons (Fsp3) is 0.294. The average Bonchev–Trinajstić information content (AvgIpc) is 2.94. The number of unbranched alkanes of at least 4 members (excludes halogenated alkanes) is 1. The van der Waals surface area contributed by atoms with Crippen LogP contribution in [0.4, 0.5) is 0 Å². The first kappa shape index (κ1) is 13.6. The summed E-state index contributed by atoms with van der Waals surface area (Å²) in [6, 6.07) is 6.62. The fourth-order valence-corrected chi connectivity index (χ4v) is 2.56. The molecule has 1 heterocycles. The van der Waals surface area contributed by atoms with E-state index < -0.39 is 0 Å². The smallest absolute Gasteiger partial charge is 0.229 e. The predicted molar refractivity (Wildman–Crippen MR) is 77.2 cm³/mol. The normalized spacial score (nSPS) is 13.0. The van der Waals surface area contributed by atoms with Crippen molar-refractivity contribution in [3.63, 3.8) is 0 Å². The summed E-state index contributed by atoms with van der Waals surface area (Å²) in [6.45, 7) is 2.08. The number of hydrogen-bond donors (Lipinski definition) is 0. The maximum atomic E-state index is 12.5. The largest absolute Gasteiger partial charge is 0.497 e. The first-order valence-corrected chi connectivity index (χ1v) is 7.05. The molecule has 0 saturated carbocycles. The molecule has 0 unspecified atom stereocenters. The van der Waals surface area contributed by atoms with Crippen LogP contribution in [0.3, 0.4) is 0 Å². The van der Waals surface area contributed by atoms with Crippen molar-refractivity contribution in [1.82, 2.24) is 0 Å². The van der Waals surface area contributed by atoms with E-state index in [0.29, 0.717) is 28.2 Å². The molecular formula is C17H16O4. The first-order valence-electron chi connectivity index (χ1n) is 7.05. The molecule has 108 valence electrons. The molecule has 0 atom stereocenters. The van der Waals surface area contributed by atoms with Gasteiger partial charge in [-0.1, -0.05) is 13.3 Å². The Bertz CT molecular complexity index is 724. The lowest BCUT2D eigenvalue weighted by molar-refractivity contribution is 0.0959. The zero-order valence-electron chi connectivity index (χ0n) is 12.1. The molecule has 0 N–H and O–H groups in total. The van der Waals surface area contributed by atoms with Gasteiger partial charge >= 0.3 is 0 Å². The SMILES string of the molecule is CCCCc1cc2c(o1)C(=O)c1cc(OC)ccc1C2=O. The molecule has 1 aromatic carbocycles. The average molecular weight is 284 g/mol. The molecule has 1 aliphatic carbocycles. The minimum atomic E-state index is -0.249. The van der Waals surface area contributed by atoms with Crippen LogP contribution < -0.4 is 4.74 Å². The van der Waals surface area contributed by atoms with Crippen molar-refractivity contribution in [2.24, 2.45) is 0 Å². The second-order valence-electron chi connectivity index (χ2n) is 5.13. The van der Waals surface area contributed by atoms with E-state index in [4.69, 9.17) is 9.15 Å². The Hall–Kier alpha value is -2.36. The molecule has 0 amide bonds. The summed E-state index contributed by atoms with van der Waals surface area (Å²) in [6.07, 6.45) is 2.74. The highest BCUT2D eigenvalue weighted by atomic mass is 16.5. The van der Waals surface area contributed by atoms with Crippen LogP contribution in [0.25, 0.3) is 0 Å². The summed E-state index contributed by atoms with van der Waals surface area (Å²) in [4.78, 5) is 25.0. The molecule has 3 rings (SSSR count). The van der Waals surface area contributed by atoms with Gasteiger partial charge in [-0.3, -0.25) is 9.59 Å². The number of ether oxygens (including phenoxy) is 1. The van der Waals surface area contributed by atoms with E-state index in [0.717, 1.165) is 19.3 Å². The predicted octanol–water partition coefficient (Wildman–Crippen LogP) is 3.41. The molecule has 0 spiro atoms. The van der Waals surface area contributed by atoms with Crippen LogP contribution in [0.1, 0.15) is 57.6 Å². The van der Waals surface area contributed by atoms with Crippen LogP contribution >= 0.6 is 0 Å². The van der Waals surface area contributed by atoms with Crippen LogP contribution in [0.2, 0.25) is 0 Å². The number of carbonyl (C=O) groups excluding carboxylic acids is 2. The van der Waals surface area contributed by atoms with Crippen molar-refractivity contribution in [3.8, 4) is 5.75 Å². The number of hydrogen-bond acceptors (Lipinski definition) is 4. The highest BCUT2D eigenvalue weighted by Crippen LogP contribution is 2.32. The van der Waals surface area contributed by atoms with Gasteiger partial charge in [0.05, 0.1) is 12.7 Å². The lowest BCUT2D eigenvalue weighted by Crippen LogP contribution is -2.19. The van der Waals surface area contributed by atoms with Crippen LogP contribution in [0, 0.1) is 0 Å². The summed E-state index contributed by atoms with van der Waals surface area (Å²) in [5, 5.41) is 0. The van der Waals surface area contributed by atoms with Crippen LogP contribution in [-0.4, -0.2) is 18.7 Å². The van der Waals surface area contributed by atoms with Gasteiger partial charge in [0.15, 0.2) is 11.5 Å². The Balaban J connectivity index is 2.06. The molecule has 0 aliphatic heterocycles. The van der Waals surface area contributed by atoms with E-state index in [2.05, 4.69) is 6.92 Å². The third-order valence-electron chi connectivity index (χ3n) is 3.73. The van der Waals surface area contributed by atoms with Crippen molar-refractivity contribution >= 4 is 11.6 Å². The van der Waals surface area contributed by atoms with Gasteiger partial charge in [0, 0.05) is 17.5 Å². The molecule has 0 saturated heterocycles. The Morgan fingerprint density at radius 1 is 1.05 bits per heavy atom. The third kappa shape index (κ3) is 2.17. The van der Waals surface area contributed by atoms with Crippen molar-refractivity contribution < 1.29 is 18.7 Å². The molecule has 1 aromatic heterocycles. The summed E-state index contributed by atoms with van der Waals surface area (Å²) >= 11 is 0. The lowest BCUT2D eigenvalue weighted by atomic mass is 9.88. The van der Waals surface area contributed by atoms with E-state index in [1.165, 1.54) is 7.11 Å². The Morgan fingerprint density at radius 2 is 1.86 bits per heavy atom. The number of fused-ring (bicyclic) bond motifs is 2. The zero-order valence-corrected chi connectivity index (χ0v) is 12.1. The number of benzene rings is 1. The Morgan fingerprint density at radius 3 is 2.57 bits per heavy atom. The van der Waals surface area contributed by atoms with Gasteiger partial charge in [-0.25, -0.2) is 0 Å². The molecule has 0 bridgehead atoms. The van der Waals surface area contributed by atoms with Gasteiger partial charge in [-0.05, 0) is 30.7 Å². The van der Waals surface area contributed by atoms with Gasteiger partial charge < -0.3 is 9.15 Å². The van der Waals surface area contributed by atoms with E-state index >= 15 is 0 Å². The topological polar surface area (TPSA) is 56.5 Å². The summed E-state index contributed by atoms with van der Waals surface area (Å²) < 4.78 is 10.7. The molecule has 4 nitrogen and oxygen atoms in total. The number of carbonyl (C=O) groups is 2. The molecule has 0 radical (unpaired) electrons. The van der Waals surface area contributed by atoms with Gasteiger partial charge in [0.2, 0.25) is 5.78 Å². The number of methoxy groups -OCH3 is 1. The van der Waals surface area contributed by atoms with Crippen molar-refractivity contribution in [2.75, 3.05) is 7.11 Å². The van der Waals surface area contributed by atoms with Gasteiger partial charge in [-0.2, -0.15) is 0 Å². The van der Waals surface area contributed by atoms with E-state index in [1.54, 1.807) is 24.3 Å². The van der Waals surface area contributed by atoms with Gasteiger partial charge in [-0.15, -0.1) is 0 Å². The minimum absolute atomic E-state index is 0.159. The number of furan rings is 1. The van der Waals surface area contributed by atoms with Crippen LogP contribution in [0.15, 0.2) is 28.7 Å². The van der Waals surface area contributed by atoms with Gasteiger partial charge in [0.25, 0.3) is 0 Å². The molecule has 21 heavy (non-hydrogen) atoms. The van der Waals surface area contributed by atoms with Crippen molar-refractivity contribution in [2.45, 2.75) is 26.2 Å². The second kappa shape index (κ2) is 5.20. The second-order valence-corrected chi connectivity index (χ2v) is 5.13. The highest BCUT2D eigenvalue weighted by molar-refractivity contribution is 6.27. The molecule has 0 fully saturated rings. The molecular weight excluding hydrogens is 268 g/mol. The zero-order chi connectivity index (χ0) is 15.0. The first-order chi connectivity index (χ1) is 10.2.